The first-order valence-electron chi connectivity index (χ1n) is 8.21. The van der Waals surface area contributed by atoms with Gasteiger partial charge in [0.15, 0.2) is 0 Å². The van der Waals surface area contributed by atoms with Crippen LogP contribution in [0.4, 0.5) is 13.2 Å². The summed E-state index contributed by atoms with van der Waals surface area (Å²) >= 11 is 0. The molecule has 0 spiro atoms. The second-order valence-electron chi connectivity index (χ2n) is 6.19. The summed E-state index contributed by atoms with van der Waals surface area (Å²) in [4.78, 5) is 16.6. The average molecular weight is 364 g/mol. The Kier molecular flexibility index (Phi) is 3.21. The van der Waals surface area contributed by atoms with Crippen LogP contribution >= 0.6 is 0 Å². The predicted octanol–water partition coefficient (Wildman–Crippen LogP) is 5.35. The van der Waals surface area contributed by atoms with Gasteiger partial charge < -0.3 is 4.98 Å². The van der Waals surface area contributed by atoms with Gasteiger partial charge in [0.2, 0.25) is 0 Å². The average Bonchev–Trinajstić information content (AvgIpc) is 3.14. The summed E-state index contributed by atoms with van der Waals surface area (Å²) in [7, 11) is 0. The fourth-order valence-electron chi connectivity index (χ4n) is 3.32. The Morgan fingerprint density at radius 1 is 0.778 bits per heavy atom. The first kappa shape index (κ1) is 15.7. The van der Waals surface area contributed by atoms with Crippen LogP contribution in [0, 0.1) is 0 Å². The Bertz CT molecular complexity index is 1250. The van der Waals surface area contributed by atoms with E-state index >= 15 is 0 Å². The highest BCUT2D eigenvalue weighted by Gasteiger charge is 2.30. The molecule has 3 aromatic heterocycles. The second-order valence-corrected chi connectivity index (χ2v) is 6.19. The van der Waals surface area contributed by atoms with Crippen molar-refractivity contribution in [2.24, 2.45) is 0 Å². The molecule has 0 fully saturated rings. The van der Waals surface area contributed by atoms with Crippen LogP contribution in [-0.2, 0) is 6.18 Å². The van der Waals surface area contributed by atoms with Gasteiger partial charge in [0.05, 0.1) is 27.6 Å². The van der Waals surface area contributed by atoms with Gasteiger partial charge in [-0.15, -0.1) is 0 Å². The maximum Gasteiger partial charge on any atom is 0.416 e. The van der Waals surface area contributed by atoms with E-state index < -0.39 is 11.7 Å². The van der Waals surface area contributed by atoms with Gasteiger partial charge in [0.1, 0.15) is 5.82 Å². The summed E-state index contributed by atoms with van der Waals surface area (Å²) in [6.45, 7) is 0. The molecule has 0 aliphatic rings. The Hall–Kier alpha value is -3.48. The van der Waals surface area contributed by atoms with E-state index in [9.17, 15) is 13.2 Å². The van der Waals surface area contributed by atoms with Gasteiger partial charge in [0.25, 0.3) is 0 Å². The number of rotatable bonds is 1. The Balaban J connectivity index is 1.85. The number of hydrogen-bond donors (Lipinski definition) is 1. The zero-order valence-electron chi connectivity index (χ0n) is 13.7. The van der Waals surface area contributed by atoms with Gasteiger partial charge in [-0.1, -0.05) is 12.1 Å². The van der Waals surface area contributed by atoms with Crippen molar-refractivity contribution in [3.05, 3.63) is 66.5 Å². The lowest BCUT2D eigenvalue weighted by Gasteiger charge is -2.07. The number of pyridine rings is 2. The molecule has 27 heavy (non-hydrogen) atoms. The molecule has 0 amide bonds. The van der Waals surface area contributed by atoms with Crippen LogP contribution in [-0.4, -0.2) is 19.9 Å². The van der Waals surface area contributed by atoms with Crippen molar-refractivity contribution in [2.75, 3.05) is 0 Å². The standard InChI is InChI=1S/C20H11F3N4/c21-20(22,23)12-5-1-4-11(10-12)19-26-17-13-6-2-8-24-15(13)16-14(18(17)27-19)7-3-9-25-16/h1-10H,(H,26,27). The maximum absolute atomic E-state index is 13.1. The van der Waals surface area contributed by atoms with Crippen LogP contribution in [0.2, 0.25) is 0 Å². The number of halogens is 3. The zero-order valence-corrected chi connectivity index (χ0v) is 13.7. The Morgan fingerprint density at radius 3 is 2.22 bits per heavy atom. The molecule has 0 aliphatic carbocycles. The first-order valence-corrected chi connectivity index (χ1v) is 8.21. The molecule has 0 unspecified atom stereocenters. The molecule has 0 aliphatic heterocycles. The topological polar surface area (TPSA) is 54.5 Å². The molecule has 7 heteroatoms. The van der Waals surface area contributed by atoms with E-state index in [1.807, 2.05) is 12.1 Å². The minimum Gasteiger partial charge on any atom is -0.337 e. The van der Waals surface area contributed by atoms with E-state index in [0.717, 1.165) is 33.9 Å². The van der Waals surface area contributed by atoms with Gasteiger partial charge in [-0.3, -0.25) is 9.97 Å². The highest BCUT2D eigenvalue weighted by atomic mass is 19.4. The SMILES string of the molecule is FC(F)(F)c1cccc(-c2nc3c4cccnc4c4ncccc4c3[nH]2)c1. The number of imidazole rings is 1. The summed E-state index contributed by atoms with van der Waals surface area (Å²) in [5.41, 5.74) is 2.48. The third-order valence-corrected chi connectivity index (χ3v) is 4.53. The fourth-order valence-corrected chi connectivity index (χ4v) is 3.32. The number of nitrogens with one attached hydrogen (secondary N) is 1. The highest BCUT2D eigenvalue weighted by Crippen LogP contribution is 2.35. The fraction of sp³-hybridized carbons (Fsp3) is 0.0500. The van der Waals surface area contributed by atoms with Crippen LogP contribution in [0.5, 0.6) is 0 Å². The lowest BCUT2D eigenvalue weighted by Crippen LogP contribution is -2.04. The summed E-state index contributed by atoms with van der Waals surface area (Å²) in [6.07, 6.45) is -1.04. The van der Waals surface area contributed by atoms with Gasteiger partial charge in [-0.25, -0.2) is 4.98 Å². The van der Waals surface area contributed by atoms with Crippen molar-refractivity contribution < 1.29 is 13.2 Å². The summed E-state index contributed by atoms with van der Waals surface area (Å²) in [5, 5.41) is 1.62. The smallest absolute Gasteiger partial charge is 0.337 e. The third-order valence-electron chi connectivity index (χ3n) is 4.53. The second kappa shape index (κ2) is 5.51. The van der Waals surface area contributed by atoms with Crippen molar-refractivity contribution in [3.8, 4) is 11.4 Å². The number of nitrogens with zero attached hydrogens (tertiary/aromatic N) is 3. The number of fused-ring (bicyclic) bond motifs is 6. The molecule has 0 atom stereocenters. The van der Waals surface area contributed by atoms with E-state index in [1.54, 1.807) is 30.6 Å². The summed E-state index contributed by atoms with van der Waals surface area (Å²) in [6, 6.07) is 12.5. The molecule has 132 valence electrons. The van der Waals surface area contributed by atoms with Gasteiger partial charge >= 0.3 is 6.18 Å². The van der Waals surface area contributed by atoms with E-state index in [0.29, 0.717) is 22.4 Å². The van der Waals surface area contributed by atoms with Gasteiger partial charge in [-0.2, -0.15) is 13.2 Å². The van der Waals surface area contributed by atoms with Gasteiger partial charge in [0, 0.05) is 28.7 Å². The minimum atomic E-state index is -4.41. The zero-order chi connectivity index (χ0) is 18.6. The molecule has 3 heterocycles. The van der Waals surface area contributed by atoms with Crippen molar-refractivity contribution in [1.29, 1.82) is 0 Å². The van der Waals surface area contributed by atoms with Crippen LogP contribution in [0.1, 0.15) is 5.56 Å². The molecular weight excluding hydrogens is 353 g/mol. The number of H-pyrrole nitrogens is 1. The number of alkyl halides is 3. The van der Waals surface area contributed by atoms with Crippen LogP contribution in [0.3, 0.4) is 0 Å². The third kappa shape index (κ3) is 2.43. The molecule has 0 saturated carbocycles. The number of benzene rings is 2. The first-order chi connectivity index (χ1) is 13.0. The number of aromatic amines is 1. The lowest BCUT2D eigenvalue weighted by atomic mass is 10.1. The Labute approximate surface area is 150 Å². The molecular formula is C20H11F3N4. The van der Waals surface area contributed by atoms with Crippen LogP contribution in [0.15, 0.2) is 60.9 Å². The molecule has 0 saturated heterocycles. The molecule has 2 aromatic carbocycles. The number of aromatic nitrogens is 4. The lowest BCUT2D eigenvalue weighted by molar-refractivity contribution is -0.137. The maximum atomic E-state index is 13.1. The normalized spacial score (nSPS) is 12.3. The van der Waals surface area contributed by atoms with Crippen molar-refractivity contribution in [2.45, 2.75) is 6.18 Å². The van der Waals surface area contributed by atoms with E-state index in [1.165, 1.54) is 6.07 Å². The van der Waals surface area contributed by atoms with Crippen molar-refractivity contribution in [3.63, 3.8) is 0 Å². The van der Waals surface area contributed by atoms with Gasteiger partial charge in [-0.05, 0) is 36.4 Å². The quantitative estimate of drug-likeness (QED) is 0.408. The molecule has 0 radical (unpaired) electrons. The highest BCUT2D eigenvalue weighted by molar-refractivity contribution is 6.20. The van der Waals surface area contributed by atoms with E-state index in [-0.39, 0.29) is 0 Å². The Morgan fingerprint density at radius 2 is 1.48 bits per heavy atom. The molecule has 1 N–H and O–H groups in total. The largest absolute Gasteiger partial charge is 0.416 e. The van der Waals surface area contributed by atoms with Crippen molar-refractivity contribution >= 4 is 32.8 Å². The summed E-state index contributed by atoms with van der Waals surface area (Å²) < 4.78 is 39.2. The summed E-state index contributed by atoms with van der Waals surface area (Å²) in [5.74, 6) is 0.373. The monoisotopic (exact) mass is 364 g/mol. The van der Waals surface area contributed by atoms with Crippen LogP contribution < -0.4 is 0 Å². The van der Waals surface area contributed by atoms with E-state index in [2.05, 4.69) is 19.9 Å². The molecule has 5 aromatic rings. The van der Waals surface area contributed by atoms with E-state index in [4.69, 9.17) is 0 Å². The minimum absolute atomic E-state index is 0.370. The molecule has 0 bridgehead atoms. The van der Waals surface area contributed by atoms with Crippen LogP contribution in [0.25, 0.3) is 44.2 Å². The van der Waals surface area contributed by atoms with Crippen molar-refractivity contribution in [1.82, 2.24) is 19.9 Å². The molecule has 4 nitrogen and oxygen atoms in total. The predicted molar refractivity (Wildman–Crippen MR) is 97.1 cm³/mol. The molecule has 5 rings (SSSR count). The number of hydrogen-bond acceptors (Lipinski definition) is 3.